The number of rotatable bonds is 5. The Labute approximate surface area is 122 Å². The second-order valence-corrected chi connectivity index (χ2v) is 4.94. The Kier molecular flexibility index (Phi) is 6.54. The number of aryl methyl sites for hydroxylation is 1. The van der Waals surface area contributed by atoms with E-state index in [1.54, 1.807) is 19.1 Å². The second-order valence-electron chi connectivity index (χ2n) is 3.67. The monoisotopic (exact) mass is 316 g/mol. The van der Waals surface area contributed by atoms with Gasteiger partial charge in [0.15, 0.2) is 0 Å². The molecular weight excluding hydrogens is 299 g/mol. The van der Waals surface area contributed by atoms with E-state index in [0.717, 1.165) is 14.2 Å². The first kappa shape index (κ1) is 17.4. The number of hydrogen-bond acceptors (Lipinski definition) is 6. The molecule has 0 aliphatic carbocycles. The summed E-state index contributed by atoms with van der Waals surface area (Å²) < 4.78 is 22.0. The first-order valence-electron chi connectivity index (χ1n) is 5.83. The third-order valence-corrected chi connectivity index (χ3v) is 2.93. The molecule has 0 spiro atoms. The van der Waals surface area contributed by atoms with Crippen LogP contribution in [-0.2, 0) is 14.1 Å². The highest BCUT2D eigenvalue weighted by Gasteiger charge is 2.26. The van der Waals surface area contributed by atoms with Crippen molar-refractivity contribution < 1.29 is 28.7 Å². The van der Waals surface area contributed by atoms with Gasteiger partial charge in [0.25, 0.3) is 0 Å². The van der Waals surface area contributed by atoms with Gasteiger partial charge in [-0.3, -0.25) is 4.89 Å². The van der Waals surface area contributed by atoms with Gasteiger partial charge in [-0.2, -0.15) is 5.10 Å². The number of aromatic nitrogens is 2. The Morgan fingerprint density at radius 3 is 2.43 bits per heavy atom. The maximum atomic E-state index is 11.5. The fourth-order valence-electron chi connectivity index (χ4n) is 1.52. The standard InChI is InChI=1S/C11H13N2O5P.CH4O/c1-9-8-11(17-19(14,15)18-16-2)13(12-9)10-6-4-3-5-7-10;1-2/h3-8H,1-2H3,(H,14,15);2H,1H3. The van der Waals surface area contributed by atoms with Crippen LogP contribution in [0.3, 0.4) is 0 Å². The molecular formula is C12H17N2O6P. The highest BCUT2D eigenvalue weighted by molar-refractivity contribution is 7.47. The number of phosphoric acid groups is 1. The van der Waals surface area contributed by atoms with Gasteiger partial charge in [0.05, 0.1) is 18.5 Å². The van der Waals surface area contributed by atoms with Gasteiger partial charge in [0.1, 0.15) is 0 Å². The molecule has 21 heavy (non-hydrogen) atoms. The van der Waals surface area contributed by atoms with E-state index < -0.39 is 7.82 Å². The minimum atomic E-state index is -4.33. The van der Waals surface area contributed by atoms with Gasteiger partial charge in [0.2, 0.25) is 5.88 Å². The number of aliphatic hydroxyl groups excluding tert-OH is 1. The van der Waals surface area contributed by atoms with Crippen LogP contribution in [0.25, 0.3) is 5.69 Å². The summed E-state index contributed by atoms with van der Waals surface area (Å²) in [6, 6.07) is 10.6. The molecule has 0 saturated carbocycles. The summed E-state index contributed by atoms with van der Waals surface area (Å²) in [5.74, 6) is 0.0894. The van der Waals surface area contributed by atoms with Gasteiger partial charge in [0, 0.05) is 13.2 Å². The van der Waals surface area contributed by atoms with Crippen molar-refractivity contribution in [1.82, 2.24) is 9.78 Å². The highest BCUT2D eigenvalue weighted by atomic mass is 31.2. The minimum absolute atomic E-state index is 0.0894. The van der Waals surface area contributed by atoms with Crippen molar-refractivity contribution in [2.45, 2.75) is 6.92 Å². The Morgan fingerprint density at radius 1 is 1.24 bits per heavy atom. The molecule has 0 bridgehead atoms. The molecule has 1 unspecified atom stereocenters. The fourth-order valence-corrected chi connectivity index (χ4v) is 2.11. The minimum Gasteiger partial charge on any atom is -0.400 e. The molecule has 1 atom stereocenters. The normalized spacial score (nSPS) is 13.0. The zero-order valence-corrected chi connectivity index (χ0v) is 12.7. The van der Waals surface area contributed by atoms with Crippen LogP contribution in [0.15, 0.2) is 36.4 Å². The lowest BCUT2D eigenvalue weighted by Crippen LogP contribution is -2.03. The molecule has 2 N–H and O–H groups in total. The van der Waals surface area contributed by atoms with E-state index in [1.807, 2.05) is 18.2 Å². The van der Waals surface area contributed by atoms with Crippen LogP contribution in [-0.4, -0.2) is 34.0 Å². The first-order chi connectivity index (χ1) is 10.0. The van der Waals surface area contributed by atoms with Crippen molar-refractivity contribution in [2.75, 3.05) is 14.2 Å². The molecule has 0 saturated heterocycles. The molecule has 0 aliphatic heterocycles. The van der Waals surface area contributed by atoms with E-state index in [-0.39, 0.29) is 5.88 Å². The Bertz CT molecular complexity index is 601. The van der Waals surface area contributed by atoms with Gasteiger partial charge >= 0.3 is 7.82 Å². The largest absolute Gasteiger partial charge is 0.556 e. The van der Waals surface area contributed by atoms with Crippen LogP contribution in [0.5, 0.6) is 5.88 Å². The number of para-hydroxylation sites is 1. The predicted octanol–water partition coefficient (Wildman–Crippen LogP) is 1.85. The smallest absolute Gasteiger partial charge is 0.400 e. The van der Waals surface area contributed by atoms with Crippen molar-refractivity contribution in [3.8, 4) is 11.6 Å². The molecule has 0 fully saturated rings. The van der Waals surface area contributed by atoms with Crippen LogP contribution in [0, 0.1) is 6.92 Å². The molecule has 2 aromatic rings. The third kappa shape index (κ3) is 4.96. The second kappa shape index (κ2) is 7.92. The summed E-state index contributed by atoms with van der Waals surface area (Å²) in [6.45, 7) is 1.74. The number of nitrogens with zero attached hydrogens (tertiary/aromatic N) is 2. The van der Waals surface area contributed by atoms with Crippen LogP contribution in [0.2, 0.25) is 0 Å². The summed E-state index contributed by atoms with van der Waals surface area (Å²) in [7, 11) is -2.21. The molecule has 8 nitrogen and oxygen atoms in total. The molecule has 1 heterocycles. The van der Waals surface area contributed by atoms with Gasteiger partial charge in [-0.05, 0) is 19.1 Å². The van der Waals surface area contributed by atoms with Crippen molar-refractivity contribution in [3.05, 3.63) is 42.1 Å². The van der Waals surface area contributed by atoms with Crippen molar-refractivity contribution in [1.29, 1.82) is 0 Å². The summed E-state index contributed by atoms with van der Waals surface area (Å²) in [5, 5.41) is 11.2. The fraction of sp³-hybridized carbons (Fsp3) is 0.250. The lowest BCUT2D eigenvalue weighted by atomic mass is 10.3. The van der Waals surface area contributed by atoms with Crippen LogP contribution < -0.4 is 4.52 Å². The van der Waals surface area contributed by atoms with Crippen LogP contribution >= 0.6 is 7.82 Å². The Hall–Kier alpha value is -1.70. The van der Waals surface area contributed by atoms with E-state index in [0.29, 0.717) is 11.4 Å². The van der Waals surface area contributed by atoms with Crippen molar-refractivity contribution in [2.24, 2.45) is 0 Å². The molecule has 2 rings (SSSR count). The highest BCUT2D eigenvalue weighted by Crippen LogP contribution is 2.44. The molecule has 116 valence electrons. The average molecular weight is 316 g/mol. The summed E-state index contributed by atoms with van der Waals surface area (Å²) in [4.78, 5) is 13.6. The number of hydrogen-bond donors (Lipinski definition) is 2. The van der Waals surface area contributed by atoms with E-state index in [2.05, 4.69) is 14.7 Å². The molecule has 1 aromatic heterocycles. The lowest BCUT2D eigenvalue weighted by molar-refractivity contribution is -0.194. The molecule has 0 radical (unpaired) electrons. The summed E-state index contributed by atoms with van der Waals surface area (Å²) in [5.41, 5.74) is 1.33. The van der Waals surface area contributed by atoms with E-state index in [1.165, 1.54) is 10.7 Å². The summed E-state index contributed by atoms with van der Waals surface area (Å²) in [6.07, 6.45) is 0. The Morgan fingerprint density at radius 2 is 1.86 bits per heavy atom. The predicted molar refractivity (Wildman–Crippen MR) is 75.0 cm³/mol. The molecule has 0 amide bonds. The van der Waals surface area contributed by atoms with E-state index in [9.17, 15) is 9.46 Å². The van der Waals surface area contributed by atoms with Gasteiger partial charge < -0.3 is 9.63 Å². The average Bonchev–Trinajstić information content (AvgIpc) is 2.82. The number of phosphoric ester groups is 1. The zero-order valence-electron chi connectivity index (χ0n) is 11.8. The molecule has 1 aromatic carbocycles. The van der Waals surface area contributed by atoms with Crippen LogP contribution in [0.4, 0.5) is 0 Å². The van der Waals surface area contributed by atoms with Crippen molar-refractivity contribution in [3.63, 3.8) is 0 Å². The lowest BCUT2D eigenvalue weighted by Gasteiger charge is -2.11. The van der Waals surface area contributed by atoms with E-state index in [4.69, 9.17) is 9.63 Å². The Balaban J connectivity index is 0.00000106. The van der Waals surface area contributed by atoms with Gasteiger partial charge in [-0.1, -0.05) is 18.2 Å². The molecule has 0 aliphatic rings. The third-order valence-electron chi connectivity index (χ3n) is 2.18. The maximum absolute atomic E-state index is 11.5. The number of aliphatic hydroxyl groups is 1. The van der Waals surface area contributed by atoms with E-state index >= 15 is 0 Å². The van der Waals surface area contributed by atoms with Gasteiger partial charge in [-0.25, -0.2) is 14.1 Å². The molecule has 9 heteroatoms. The zero-order chi connectivity index (χ0) is 15.9. The maximum Gasteiger partial charge on any atom is 0.556 e. The van der Waals surface area contributed by atoms with Crippen molar-refractivity contribution >= 4 is 7.82 Å². The van der Waals surface area contributed by atoms with Gasteiger partial charge in [-0.15, -0.1) is 4.67 Å². The summed E-state index contributed by atoms with van der Waals surface area (Å²) >= 11 is 0. The SMILES string of the molecule is CO.COOP(=O)(O)Oc1cc(C)nn1-c1ccccc1. The topological polar surface area (TPSA) is 103 Å². The van der Waals surface area contributed by atoms with Crippen LogP contribution in [0.1, 0.15) is 5.69 Å². The number of benzene rings is 1. The quantitative estimate of drug-likeness (QED) is 0.493. The first-order valence-corrected chi connectivity index (χ1v) is 7.33.